The second-order valence-corrected chi connectivity index (χ2v) is 13.4. The van der Waals surface area contributed by atoms with Gasteiger partial charge in [-0.25, -0.2) is 0 Å². The van der Waals surface area contributed by atoms with E-state index in [0.717, 1.165) is 22.7 Å². The van der Waals surface area contributed by atoms with E-state index in [4.69, 9.17) is 0 Å². The molecule has 0 saturated carbocycles. The van der Waals surface area contributed by atoms with Gasteiger partial charge in [-0.1, -0.05) is 133 Å². The molecule has 10 rings (SSSR count). The molecular formula is C50H34N2. The summed E-state index contributed by atoms with van der Waals surface area (Å²) >= 11 is 0. The Balaban J connectivity index is 1.08. The van der Waals surface area contributed by atoms with Crippen molar-refractivity contribution in [1.29, 1.82) is 0 Å². The highest BCUT2D eigenvalue weighted by Gasteiger charge is 2.21. The summed E-state index contributed by atoms with van der Waals surface area (Å²) in [5, 5.41) is 7.37. The molecule has 244 valence electrons. The number of rotatable bonds is 6. The van der Waals surface area contributed by atoms with Crippen LogP contribution in [0.15, 0.2) is 206 Å². The fourth-order valence-corrected chi connectivity index (χ4v) is 7.83. The molecule has 0 radical (unpaired) electrons. The molecule has 0 amide bonds. The molecular weight excluding hydrogens is 629 g/mol. The molecule has 2 nitrogen and oxygen atoms in total. The highest BCUT2D eigenvalue weighted by molar-refractivity contribution is 6.16. The van der Waals surface area contributed by atoms with Gasteiger partial charge in [-0.05, 0) is 117 Å². The predicted octanol–water partition coefficient (Wildman–Crippen LogP) is 13.9. The van der Waals surface area contributed by atoms with Crippen molar-refractivity contribution in [2.75, 3.05) is 4.90 Å². The maximum Gasteiger partial charge on any atom is 0.0562 e. The highest BCUT2D eigenvalue weighted by atomic mass is 15.1. The Hall–Kier alpha value is -6.90. The summed E-state index contributed by atoms with van der Waals surface area (Å²) in [6, 6.07) is 74.7. The Kier molecular flexibility index (Phi) is 7.18. The van der Waals surface area contributed by atoms with E-state index in [2.05, 4.69) is 216 Å². The summed E-state index contributed by atoms with van der Waals surface area (Å²) in [5.74, 6) is 0. The zero-order valence-electron chi connectivity index (χ0n) is 28.5. The molecule has 1 heterocycles. The molecule has 10 aromatic rings. The maximum absolute atomic E-state index is 2.41. The van der Waals surface area contributed by atoms with Gasteiger partial charge in [-0.2, -0.15) is 0 Å². The van der Waals surface area contributed by atoms with Gasteiger partial charge in [0, 0.05) is 27.8 Å². The lowest BCUT2D eigenvalue weighted by atomic mass is 9.96. The first-order valence-electron chi connectivity index (χ1n) is 17.8. The third-order valence-corrected chi connectivity index (χ3v) is 10.3. The molecule has 52 heavy (non-hydrogen) atoms. The number of fused-ring (bicyclic) bond motifs is 5. The average molecular weight is 663 g/mol. The van der Waals surface area contributed by atoms with Gasteiger partial charge in [0.2, 0.25) is 0 Å². The molecule has 0 aliphatic heterocycles. The number of benzene rings is 9. The third kappa shape index (κ3) is 5.12. The van der Waals surface area contributed by atoms with Crippen molar-refractivity contribution >= 4 is 60.4 Å². The SMILES string of the molecule is c1ccc(-c2ccc3cc(-c4ccc5cc(N(c6ccccc6)c6cccc7c6c6ccccc6n7-c6ccccc6)ccc5c4)ccc3c2)cc1. The topological polar surface area (TPSA) is 8.17 Å². The molecule has 0 fully saturated rings. The molecule has 0 bridgehead atoms. The van der Waals surface area contributed by atoms with Crippen LogP contribution in [-0.2, 0) is 0 Å². The fourth-order valence-electron chi connectivity index (χ4n) is 7.83. The Morgan fingerprint density at radius 1 is 0.327 bits per heavy atom. The quantitative estimate of drug-likeness (QED) is 0.172. The average Bonchev–Trinajstić information content (AvgIpc) is 3.56. The maximum atomic E-state index is 2.41. The van der Waals surface area contributed by atoms with Crippen molar-refractivity contribution in [3.8, 4) is 27.9 Å². The van der Waals surface area contributed by atoms with E-state index < -0.39 is 0 Å². The second kappa shape index (κ2) is 12.5. The summed E-state index contributed by atoms with van der Waals surface area (Å²) in [4.78, 5) is 2.41. The van der Waals surface area contributed by atoms with Crippen LogP contribution in [0.25, 0.3) is 71.3 Å². The number of hydrogen-bond acceptors (Lipinski definition) is 1. The van der Waals surface area contributed by atoms with E-state index in [9.17, 15) is 0 Å². The first-order valence-corrected chi connectivity index (χ1v) is 17.8. The van der Waals surface area contributed by atoms with Gasteiger partial charge in [-0.15, -0.1) is 0 Å². The Labute approximate surface area is 303 Å². The number of anilines is 3. The largest absolute Gasteiger partial charge is 0.310 e. The Bertz CT molecular complexity index is 2890. The van der Waals surface area contributed by atoms with Crippen LogP contribution < -0.4 is 4.90 Å². The number of para-hydroxylation sites is 3. The molecule has 0 aliphatic carbocycles. The first kappa shape index (κ1) is 30.0. The van der Waals surface area contributed by atoms with Crippen LogP contribution in [0.4, 0.5) is 17.1 Å². The van der Waals surface area contributed by atoms with Crippen molar-refractivity contribution in [3.63, 3.8) is 0 Å². The molecule has 0 spiro atoms. The van der Waals surface area contributed by atoms with Crippen molar-refractivity contribution in [2.45, 2.75) is 0 Å². The standard InChI is InChI=1S/C50H34N2/c1-4-13-35(14-5-1)36-23-24-38-32-39(26-25-37(38)31-36)40-27-28-42-34-45(30-29-41(42)33-40)51(43-15-6-2-7-16-43)48-21-12-22-49-50(48)46-19-10-11-20-47(46)52(49)44-17-8-3-9-18-44/h1-34H. The molecule has 0 N–H and O–H groups in total. The van der Waals surface area contributed by atoms with Gasteiger partial charge in [0.15, 0.2) is 0 Å². The molecule has 9 aromatic carbocycles. The van der Waals surface area contributed by atoms with Gasteiger partial charge in [0.05, 0.1) is 16.7 Å². The van der Waals surface area contributed by atoms with Crippen LogP contribution in [0.2, 0.25) is 0 Å². The lowest BCUT2D eigenvalue weighted by Crippen LogP contribution is -2.10. The molecule has 0 aliphatic rings. The summed E-state index contributed by atoms with van der Waals surface area (Å²) in [5.41, 5.74) is 11.8. The van der Waals surface area contributed by atoms with E-state index in [1.54, 1.807) is 0 Å². The Morgan fingerprint density at radius 3 is 1.52 bits per heavy atom. The highest BCUT2D eigenvalue weighted by Crippen LogP contribution is 2.44. The lowest BCUT2D eigenvalue weighted by Gasteiger charge is -2.27. The van der Waals surface area contributed by atoms with Crippen LogP contribution in [0.5, 0.6) is 0 Å². The smallest absolute Gasteiger partial charge is 0.0562 e. The van der Waals surface area contributed by atoms with Crippen LogP contribution in [0.1, 0.15) is 0 Å². The zero-order chi connectivity index (χ0) is 34.4. The summed E-state index contributed by atoms with van der Waals surface area (Å²) < 4.78 is 2.38. The van der Waals surface area contributed by atoms with Gasteiger partial charge >= 0.3 is 0 Å². The van der Waals surface area contributed by atoms with E-state index in [0.29, 0.717) is 0 Å². The van der Waals surface area contributed by atoms with Crippen molar-refractivity contribution < 1.29 is 0 Å². The van der Waals surface area contributed by atoms with Crippen molar-refractivity contribution in [3.05, 3.63) is 206 Å². The van der Waals surface area contributed by atoms with Gasteiger partial charge in [0.1, 0.15) is 0 Å². The number of nitrogens with zero attached hydrogens (tertiary/aromatic N) is 2. The van der Waals surface area contributed by atoms with Crippen LogP contribution in [-0.4, -0.2) is 4.57 Å². The monoisotopic (exact) mass is 662 g/mol. The minimum absolute atomic E-state index is 1.12. The van der Waals surface area contributed by atoms with E-state index >= 15 is 0 Å². The zero-order valence-corrected chi connectivity index (χ0v) is 28.5. The van der Waals surface area contributed by atoms with E-state index in [-0.39, 0.29) is 0 Å². The van der Waals surface area contributed by atoms with Gasteiger partial charge < -0.3 is 9.47 Å². The molecule has 0 unspecified atom stereocenters. The first-order chi connectivity index (χ1) is 25.8. The lowest BCUT2D eigenvalue weighted by molar-refractivity contribution is 1.18. The van der Waals surface area contributed by atoms with Crippen LogP contribution in [0, 0.1) is 0 Å². The summed E-state index contributed by atoms with van der Waals surface area (Å²) in [6.45, 7) is 0. The number of hydrogen-bond donors (Lipinski definition) is 0. The van der Waals surface area contributed by atoms with Crippen molar-refractivity contribution in [1.82, 2.24) is 4.57 Å². The normalized spacial score (nSPS) is 11.5. The minimum atomic E-state index is 1.12. The van der Waals surface area contributed by atoms with E-state index in [1.807, 2.05) is 0 Å². The Morgan fingerprint density at radius 2 is 0.846 bits per heavy atom. The predicted molar refractivity (Wildman–Crippen MR) is 221 cm³/mol. The van der Waals surface area contributed by atoms with E-state index in [1.165, 1.54) is 65.6 Å². The molecule has 0 saturated heterocycles. The van der Waals surface area contributed by atoms with Crippen molar-refractivity contribution in [2.24, 2.45) is 0 Å². The fraction of sp³-hybridized carbons (Fsp3) is 0. The minimum Gasteiger partial charge on any atom is -0.310 e. The molecule has 2 heteroatoms. The van der Waals surface area contributed by atoms with Gasteiger partial charge in [-0.3, -0.25) is 0 Å². The second-order valence-electron chi connectivity index (χ2n) is 13.4. The summed E-state index contributed by atoms with van der Waals surface area (Å²) in [6.07, 6.45) is 0. The number of aromatic nitrogens is 1. The van der Waals surface area contributed by atoms with Gasteiger partial charge in [0.25, 0.3) is 0 Å². The summed E-state index contributed by atoms with van der Waals surface area (Å²) in [7, 11) is 0. The molecule has 0 atom stereocenters. The molecule has 1 aromatic heterocycles. The van der Waals surface area contributed by atoms with Crippen LogP contribution >= 0.6 is 0 Å². The third-order valence-electron chi connectivity index (χ3n) is 10.3. The van der Waals surface area contributed by atoms with Crippen LogP contribution in [0.3, 0.4) is 0 Å².